The Balaban J connectivity index is 1.44. The number of anilines is 1. The molecule has 0 radical (unpaired) electrons. The van der Waals surface area contributed by atoms with E-state index in [-0.39, 0.29) is 17.9 Å². The lowest BCUT2D eigenvalue weighted by Gasteiger charge is -2.41. The quantitative estimate of drug-likeness (QED) is 0.666. The molecule has 1 aliphatic heterocycles. The highest BCUT2D eigenvalue weighted by atomic mass is 19.1. The van der Waals surface area contributed by atoms with E-state index >= 15 is 0 Å². The summed E-state index contributed by atoms with van der Waals surface area (Å²) in [5.74, 6) is -0.764. The SMILES string of the molecule is Cc1cc(F)ccc1C(=O)Nc1cc(F)cc(CN2CCN(C(=O)C3CCCC3)[C@@H](C)C2)c1C. The van der Waals surface area contributed by atoms with Crippen LogP contribution >= 0.6 is 0 Å². The van der Waals surface area contributed by atoms with Crippen molar-refractivity contribution in [3.8, 4) is 0 Å². The van der Waals surface area contributed by atoms with Crippen LogP contribution in [0.3, 0.4) is 0 Å². The van der Waals surface area contributed by atoms with Crippen molar-refractivity contribution in [1.82, 2.24) is 9.80 Å². The molecule has 0 unspecified atom stereocenters. The van der Waals surface area contributed by atoms with E-state index in [0.29, 0.717) is 29.9 Å². The summed E-state index contributed by atoms with van der Waals surface area (Å²) in [7, 11) is 0. The zero-order valence-corrected chi connectivity index (χ0v) is 20.2. The van der Waals surface area contributed by atoms with Gasteiger partial charge >= 0.3 is 0 Å². The summed E-state index contributed by atoms with van der Waals surface area (Å²) in [6, 6.07) is 6.91. The number of hydrogen-bond acceptors (Lipinski definition) is 3. The molecule has 2 fully saturated rings. The molecular formula is C27H33F2N3O2. The fourth-order valence-electron chi connectivity index (χ4n) is 5.25. The van der Waals surface area contributed by atoms with Gasteiger partial charge in [0.15, 0.2) is 0 Å². The number of aryl methyl sites for hydroxylation is 1. The van der Waals surface area contributed by atoms with Gasteiger partial charge in [-0.1, -0.05) is 12.8 Å². The molecule has 1 N–H and O–H groups in total. The minimum atomic E-state index is -0.421. The van der Waals surface area contributed by atoms with Crippen LogP contribution in [-0.4, -0.2) is 47.3 Å². The Kier molecular flexibility index (Phi) is 7.31. The average molecular weight is 470 g/mol. The first-order valence-electron chi connectivity index (χ1n) is 12.1. The second-order valence-electron chi connectivity index (χ2n) is 9.75. The van der Waals surface area contributed by atoms with Gasteiger partial charge in [-0.3, -0.25) is 14.5 Å². The maximum atomic E-state index is 14.5. The molecule has 5 nitrogen and oxygen atoms in total. The molecule has 1 heterocycles. The number of piperazine rings is 1. The zero-order chi connectivity index (χ0) is 24.4. The van der Waals surface area contributed by atoms with E-state index in [1.165, 1.54) is 30.3 Å². The van der Waals surface area contributed by atoms with Gasteiger partial charge < -0.3 is 10.2 Å². The van der Waals surface area contributed by atoms with Gasteiger partial charge in [0.05, 0.1) is 0 Å². The summed E-state index contributed by atoms with van der Waals surface area (Å²) in [6.45, 7) is 8.29. The van der Waals surface area contributed by atoms with Gasteiger partial charge in [-0.15, -0.1) is 0 Å². The van der Waals surface area contributed by atoms with Crippen molar-refractivity contribution in [2.75, 3.05) is 25.0 Å². The summed E-state index contributed by atoms with van der Waals surface area (Å²) < 4.78 is 27.9. The predicted octanol–water partition coefficient (Wildman–Crippen LogP) is 5.06. The highest BCUT2D eigenvalue weighted by molar-refractivity contribution is 6.05. The highest BCUT2D eigenvalue weighted by Gasteiger charge is 2.33. The molecule has 2 aliphatic rings. The molecule has 0 bridgehead atoms. The number of carbonyl (C=O) groups excluding carboxylic acids is 2. The first-order chi connectivity index (χ1) is 16.2. The van der Waals surface area contributed by atoms with Crippen molar-refractivity contribution in [2.24, 2.45) is 5.92 Å². The Bertz CT molecular complexity index is 1080. The fourth-order valence-corrected chi connectivity index (χ4v) is 5.25. The first-order valence-corrected chi connectivity index (χ1v) is 12.1. The zero-order valence-electron chi connectivity index (χ0n) is 20.2. The Labute approximate surface area is 200 Å². The van der Waals surface area contributed by atoms with E-state index in [0.717, 1.165) is 49.9 Å². The van der Waals surface area contributed by atoms with Gasteiger partial charge in [0.2, 0.25) is 5.91 Å². The van der Waals surface area contributed by atoms with Gasteiger partial charge in [0.1, 0.15) is 11.6 Å². The van der Waals surface area contributed by atoms with Crippen LogP contribution in [0.5, 0.6) is 0 Å². The monoisotopic (exact) mass is 469 g/mol. The molecule has 2 amide bonds. The van der Waals surface area contributed by atoms with Crippen LogP contribution in [0.25, 0.3) is 0 Å². The third-order valence-electron chi connectivity index (χ3n) is 7.25. The number of halogens is 2. The molecule has 7 heteroatoms. The van der Waals surface area contributed by atoms with E-state index in [9.17, 15) is 18.4 Å². The van der Waals surface area contributed by atoms with Crippen LogP contribution in [0, 0.1) is 31.4 Å². The summed E-state index contributed by atoms with van der Waals surface area (Å²) in [5.41, 5.74) is 2.88. The van der Waals surface area contributed by atoms with Crippen LogP contribution < -0.4 is 5.32 Å². The maximum absolute atomic E-state index is 14.5. The molecule has 1 saturated carbocycles. The summed E-state index contributed by atoms with van der Waals surface area (Å²) in [5, 5.41) is 2.79. The van der Waals surface area contributed by atoms with E-state index < -0.39 is 17.5 Å². The molecule has 1 saturated heterocycles. The number of rotatable bonds is 5. The van der Waals surface area contributed by atoms with E-state index in [1.54, 1.807) is 6.92 Å². The van der Waals surface area contributed by atoms with Gasteiger partial charge in [-0.2, -0.15) is 0 Å². The van der Waals surface area contributed by atoms with Crippen LogP contribution in [0.4, 0.5) is 14.5 Å². The Morgan fingerprint density at radius 3 is 2.44 bits per heavy atom. The number of carbonyl (C=O) groups is 2. The molecule has 1 aliphatic carbocycles. The van der Waals surface area contributed by atoms with Gasteiger partial charge in [-0.25, -0.2) is 8.78 Å². The highest BCUT2D eigenvalue weighted by Crippen LogP contribution is 2.29. The van der Waals surface area contributed by atoms with Crippen molar-refractivity contribution >= 4 is 17.5 Å². The van der Waals surface area contributed by atoms with E-state index in [2.05, 4.69) is 17.1 Å². The standard InChI is InChI=1S/C27H33F2N3O2/c1-17-12-22(28)8-9-24(17)26(33)30-25-14-23(29)13-21(19(25)3)16-31-10-11-32(18(2)15-31)27(34)20-6-4-5-7-20/h8-9,12-14,18,20H,4-7,10-11,15-16H2,1-3H3,(H,30,33)/t18-/m0/s1. The Hall–Kier alpha value is -2.80. The Morgan fingerprint density at radius 2 is 1.76 bits per heavy atom. The third-order valence-corrected chi connectivity index (χ3v) is 7.25. The summed E-state index contributed by atoms with van der Waals surface area (Å²) in [6.07, 6.45) is 4.28. The van der Waals surface area contributed by atoms with Crippen LogP contribution in [0.1, 0.15) is 59.7 Å². The van der Waals surface area contributed by atoms with Gasteiger partial charge in [0.25, 0.3) is 5.91 Å². The molecule has 1 atom stereocenters. The largest absolute Gasteiger partial charge is 0.337 e. The van der Waals surface area contributed by atoms with Crippen LogP contribution in [0.15, 0.2) is 30.3 Å². The molecule has 34 heavy (non-hydrogen) atoms. The van der Waals surface area contributed by atoms with Crippen LogP contribution in [-0.2, 0) is 11.3 Å². The molecule has 182 valence electrons. The van der Waals surface area contributed by atoms with E-state index in [1.807, 2.05) is 11.8 Å². The Morgan fingerprint density at radius 1 is 1.03 bits per heavy atom. The molecular weight excluding hydrogens is 436 g/mol. The normalized spacial score (nSPS) is 19.4. The molecule has 0 spiro atoms. The topological polar surface area (TPSA) is 52.7 Å². The second kappa shape index (κ2) is 10.2. The number of amides is 2. The first kappa shape index (κ1) is 24.3. The number of nitrogens with zero attached hydrogens (tertiary/aromatic N) is 2. The molecule has 0 aromatic heterocycles. The summed E-state index contributed by atoms with van der Waals surface area (Å²) >= 11 is 0. The minimum Gasteiger partial charge on any atom is -0.337 e. The molecule has 4 rings (SSSR count). The minimum absolute atomic E-state index is 0.108. The lowest BCUT2D eigenvalue weighted by molar-refractivity contribution is -0.140. The van der Waals surface area contributed by atoms with Gasteiger partial charge in [0, 0.05) is 49.4 Å². The number of nitrogens with one attached hydrogen (secondary N) is 1. The fraction of sp³-hybridized carbons (Fsp3) is 0.481. The van der Waals surface area contributed by atoms with Crippen LogP contribution in [0.2, 0.25) is 0 Å². The van der Waals surface area contributed by atoms with Crippen molar-refractivity contribution < 1.29 is 18.4 Å². The van der Waals surface area contributed by atoms with Crippen molar-refractivity contribution in [3.63, 3.8) is 0 Å². The lowest BCUT2D eigenvalue weighted by Crippen LogP contribution is -2.54. The van der Waals surface area contributed by atoms with Gasteiger partial charge in [-0.05, 0) is 80.6 Å². The van der Waals surface area contributed by atoms with Crippen molar-refractivity contribution in [2.45, 2.75) is 59.0 Å². The number of hydrogen-bond donors (Lipinski definition) is 1. The molecule has 2 aromatic carbocycles. The smallest absolute Gasteiger partial charge is 0.255 e. The molecule has 2 aromatic rings. The average Bonchev–Trinajstić information content (AvgIpc) is 3.31. The predicted molar refractivity (Wildman–Crippen MR) is 129 cm³/mol. The summed E-state index contributed by atoms with van der Waals surface area (Å²) in [4.78, 5) is 29.9. The maximum Gasteiger partial charge on any atom is 0.255 e. The van der Waals surface area contributed by atoms with Crippen molar-refractivity contribution in [1.29, 1.82) is 0 Å². The van der Waals surface area contributed by atoms with Crippen molar-refractivity contribution in [3.05, 3.63) is 64.2 Å². The number of benzene rings is 2. The lowest BCUT2D eigenvalue weighted by atomic mass is 10.0. The third kappa shape index (κ3) is 5.30. The van der Waals surface area contributed by atoms with E-state index in [4.69, 9.17) is 0 Å². The second-order valence-corrected chi connectivity index (χ2v) is 9.75.